The summed E-state index contributed by atoms with van der Waals surface area (Å²) in [6.45, 7) is 0. The van der Waals surface area contributed by atoms with E-state index in [1.165, 1.54) is 0 Å². The van der Waals surface area contributed by atoms with Crippen LogP contribution < -0.4 is 0 Å². The van der Waals surface area contributed by atoms with Gasteiger partial charge in [-0.2, -0.15) is 9.12 Å². The van der Waals surface area contributed by atoms with E-state index in [0.717, 1.165) is 0 Å². The van der Waals surface area contributed by atoms with Gasteiger partial charge in [0, 0.05) is 54.3 Å². The third-order valence-electron chi connectivity index (χ3n) is 0. The van der Waals surface area contributed by atoms with E-state index in [1.807, 2.05) is 9.12 Å². The first kappa shape index (κ1) is 27.1. The predicted octanol–water partition coefficient (Wildman–Crippen LogP) is -0.0625. The van der Waals surface area contributed by atoms with Crippen LogP contribution in [0.4, 0.5) is 0 Å². The van der Waals surface area contributed by atoms with Gasteiger partial charge in [-0.25, -0.2) is 0 Å². The molecule has 0 N–H and O–H groups in total. The second kappa shape index (κ2) is 34.9. The maximum Gasteiger partial charge on any atom is 0.0996 e. The Hall–Kier alpha value is 2.18. The van der Waals surface area contributed by atoms with E-state index in [1.54, 1.807) is 0 Å². The van der Waals surface area contributed by atoms with Crippen LogP contribution >= 0.6 is 9.12 Å². The molecule has 0 aliphatic carbocycles. The van der Waals surface area contributed by atoms with Gasteiger partial charge >= 0.3 is 0 Å². The van der Waals surface area contributed by atoms with Crippen LogP contribution in [-0.2, 0) is 54.3 Å². The first-order valence-electron chi connectivity index (χ1n) is 0.333. The number of hydrogen-bond donors (Lipinski definition) is 0. The summed E-state index contributed by atoms with van der Waals surface area (Å²) < 4.78 is 0. The van der Waals surface area contributed by atoms with Crippen LogP contribution in [0.1, 0.15) is 0 Å². The van der Waals surface area contributed by atoms with Gasteiger partial charge in [0.2, 0.25) is 0 Å². The smallest absolute Gasteiger partial charge is 0.0996 e. The monoisotopic (exact) mass is 345 g/mol. The molecule has 0 saturated carbocycles. The predicted molar refractivity (Wildman–Crippen MR) is 15.5 cm³/mol. The van der Waals surface area contributed by atoms with Crippen LogP contribution in [0.25, 0.3) is 0 Å². The molecular formula is H2BCoNiPW. The zero-order valence-electron chi connectivity index (χ0n) is 2.21. The fourth-order valence-corrected chi connectivity index (χ4v) is 0. The van der Waals surface area contributed by atoms with Gasteiger partial charge in [0.25, 0.3) is 0 Å². The fraction of sp³-hybridized carbons (Fsp3) is 0. The molecule has 3 radical (unpaired) electrons. The molecule has 5 heavy (non-hydrogen) atoms. The minimum Gasteiger partial charge on any atom is -0.187 e. The van der Waals surface area contributed by atoms with Crippen LogP contribution in [0, 0.1) is 0 Å². The van der Waals surface area contributed by atoms with Gasteiger partial charge in [0.1, 0.15) is 0 Å². The minimum absolute atomic E-state index is 0. The molecule has 0 aromatic rings. The second-order valence-corrected chi connectivity index (χ2v) is 0. The molecule has 0 aromatic heterocycles. The van der Waals surface area contributed by atoms with Crippen LogP contribution in [0.2, 0.25) is 0 Å². The molecule has 0 spiro atoms. The van der Waals surface area contributed by atoms with Crippen molar-refractivity contribution >= 4 is 16.7 Å². The zero-order chi connectivity index (χ0) is 2.00. The summed E-state index contributed by atoms with van der Waals surface area (Å²) in [7, 11) is 6.33. The van der Waals surface area contributed by atoms with Gasteiger partial charge in [-0.15, -0.1) is 0 Å². The topological polar surface area (TPSA) is 0 Å². The second-order valence-electron chi connectivity index (χ2n) is 0. The average Bonchev–Trinajstić information content (AvgIpc) is 1.00. The van der Waals surface area contributed by atoms with Crippen LogP contribution in [0.3, 0.4) is 0 Å². The summed E-state index contributed by atoms with van der Waals surface area (Å²) in [4.78, 5) is 0. The summed E-state index contributed by atoms with van der Waals surface area (Å²) in [5.41, 5.74) is 0. The van der Waals surface area contributed by atoms with E-state index in [9.17, 15) is 0 Å². The Labute approximate surface area is 70.6 Å². The van der Waals surface area contributed by atoms with Crippen molar-refractivity contribution in [2.75, 3.05) is 0 Å². The van der Waals surface area contributed by atoms with Crippen molar-refractivity contribution in [3.05, 3.63) is 0 Å². The van der Waals surface area contributed by atoms with E-state index in [4.69, 9.17) is 0 Å². The molecular weight excluding hydrogens is 343 g/mol. The van der Waals surface area contributed by atoms with Gasteiger partial charge in [-0.1, -0.05) is 0 Å². The molecule has 0 amide bonds. The number of hydrogen-bond acceptors (Lipinski definition) is 0. The van der Waals surface area contributed by atoms with Crippen molar-refractivity contribution in [3.8, 4) is 0 Å². The van der Waals surface area contributed by atoms with Crippen molar-refractivity contribution in [1.29, 1.82) is 0 Å². The normalized spacial score (nSPS) is 1.00. The Morgan fingerprint density at radius 3 is 1.20 bits per heavy atom. The maximum atomic E-state index is 4.42. The molecule has 35 valence electrons. The van der Waals surface area contributed by atoms with Crippen LogP contribution in [0.15, 0.2) is 0 Å². The third-order valence-corrected chi connectivity index (χ3v) is 0. The van der Waals surface area contributed by atoms with Gasteiger partial charge in [-0.05, 0) is 0 Å². The molecule has 0 nitrogen and oxygen atoms in total. The first-order chi connectivity index (χ1) is 1.00. The molecule has 1 unspecified atom stereocenters. The standard InChI is InChI=1S/BH2P.Co.Ni.W/c1-2;;;/h2H2;;;. The van der Waals surface area contributed by atoms with Crippen molar-refractivity contribution < 1.29 is 54.3 Å². The molecule has 5 heteroatoms. The Kier molecular flexibility index (Phi) is 189. The van der Waals surface area contributed by atoms with Crippen molar-refractivity contribution in [1.82, 2.24) is 0 Å². The van der Waals surface area contributed by atoms with E-state index < -0.39 is 0 Å². The summed E-state index contributed by atoms with van der Waals surface area (Å²) >= 11 is 0. The Balaban J connectivity index is -0.00000000167. The quantitative estimate of drug-likeness (QED) is 0.426. The molecule has 0 fully saturated rings. The summed E-state index contributed by atoms with van der Waals surface area (Å²) in [5, 5.41) is 0. The molecule has 1 atom stereocenters. The van der Waals surface area contributed by atoms with Crippen LogP contribution in [0.5, 0.6) is 0 Å². The van der Waals surface area contributed by atoms with E-state index in [0.29, 0.717) is 0 Å². The Bertz CT molecular complexity index is 11.6. The van der Waals surface area contributed by atoms with Gasteiger partial charge in [0.15, 0.2) is 0 Å². The molecule has 0 rings (SSSR count). The molecule has 0 heterocycles. The molecule has 0 aliphatic rings. The molecule has 0 aliphatic heterocycles. The van der Waals surface area contributed by atoms with Crippen molar-refractivity contribution in [2.24, 2.45) is 0 Å². The Morgan fingerprint density at radius 1 is 1.20 bits per heavy atom. The third kappa shape index (κ3) is 22.7. The number of rotatable bonds is 0. The summed E-state index contributed by atoms with van der Waals surface area (Å²) in [6, 6.07) is 0. The van der Waals surface area contributed by atoms with E-state index in [2.05, 4.69) is 7.57 Å². The summed E-state index contributed by atoms with van der Waals surface area (Å²) in [6.07, 6.45) is 0. The largest absolute Gasteiger partial charge is 0.187 e. The Morgan fingerprint density at radius 2 is 1.20 bits per heavy atom. The SMILES string of the molecule is [B]P.[Co].[Ni].[W]. The van der Waals surface area contributed by atoms with Crippen molar-refractivity contribution in [2.45, 2.75) is 0 Å². The van der Waals surface area contributed by atoms with E-state index in [-0.39, 0.29) is 54.3 Å². The van der Waals surface area contributed by atoms with E-state index >= 15 is 0 Å². The molecule has 0 saturated heterocycles. The molecule has 0 aromatic carbocycles. The first-order valence-corrected chi connectivity index (χ1v) is 1.00. The average molecular weight is 345 g/mol. The van der Waals surface area contributed by atoms with Crippen molar-refractivity contribution in [3.63, 3.8) is 0 Å². The van der Waals surface area contributed by atoms with Gasteiger partial charge in [-0.3, -0.25) is 0 Å². The van der Waals surface area contributed by atoms with Crippen LogP contribution in [-0.4, -0.2) is 7.57 Å². The van der Waals surface area contributed by atoms with Gasteiger partial charge < -0.3 is 0 Å². The van der Waals surface area contributed by atoms with Gasteiger partial charge in [0.05, 0.1) is 7.57 Å². The molecule has 0 bridgehead atoms. The maximum absolute atomic E-state index is 4.42. The fourth-order valence-electron chi connectivity index (χ4n) is 0. The minimum atomic E-state index is 0. The zero-order valence-corrected chi connectivity index (χ0v) is 8.33. The summed E-state index contributed by atoms with van der Waals surface area (Å²) in [5.74, 6) is 0.